The van der Waals surface area contributed by atoms with E-state index in [0.717, 1.165) is 10.5 Å². The van der Waals surface area contributed by atoms with Gasteiger partial charge in [0.05, 0.1) is 4.90 Å². The van der Waals surface area contributed by atoms with Gasteiger partial charge in [-0.1, -0.05) is 41.6 Å². The van der Waals surface area contributed by atoms with E-state index >= 15 is 0 Å². The van der Waals surface area contributed by atoms with Crippen LogP contribution in [0.4, 0.5) is 4.39 Å². The predicted molar refractivity (Wildman–Crippen MR) is 79.3 cm³/mol. The number of hydrogen-bond donors (Lipinski definition) is 1. The molecule has 0 heterocycles. The van der Waals surface area contributed by atoms with E-state index in [1.165, 1.54) is 17.8 Å². The second-order valence-corrected chi connectivity index (χ2v) is 5.99. The van der Waals surface area contributed by atoms with Gasteiger partial charge in [0.1, 0.15) is 5.82 Å². The van der Waals surface area contributed by atoms with Crippen LogP contribution in [0.2, 0.25) is 5.02 Å². The van der Waals surface area contributed by atoms with Crippen molar-refractivity contribution in [1.82, 2.24) is 0 Å². The molecule has 19 heavy (non-hydrogen) atoms. The van der Waals surface area contributed by atoms with Crippen molar-refractivity contribution >= 4 is 23.4 Å². The molecule has 0 amide bonds. The second-order valence-electron chi connectivity index (χ2n) is 4.47. The summed E-state index contributed by atoms with van der Waals surface area (Å²) in [5.74, 6) is -0.219. The van der Waals surface area contributed by atoms with Crippen LogP contribution in [0.1, 0.15) is 12.5 Å². The van der Waals surface area contributed by atoms with E-state index < -0.39 is 0 Å². The van der Waals surface area contributed by atoms with Crippen LogP contribution >= 0.6 is 23.4 Å². The van der Waals surface area contributed by atoms with Crippen LogP contribution in [0.3, 0.4) is 0 Å². The Labute approximate surface area is 122 Å². The van der Waals surface area contributed by atoms with Crippen LogP contribution in [-0.4, -0.2) is 6.04 Å². The molecule has 0 aliphatic carbocycles. The molecule has 100 valence electrons. The van der Waals surface area contributed by atoms with Crippen molar-refractivity contribution < 1.29 is 4.39 Å². The van der Waals surface area contributed by atoms with E-state index in [-0.39, 0.29) is 11.9 Å². The normalized spacial score (nSPS) is 12.4. The third-order valence-electron chi connectivity index (χ3n) is 2.61. The maximum Gasteiger partial charge on any atom is 0.137 e. The van der Waals surface area contributed by atoms with Crippen LogP contribution in [-0.2, 0) is 6.42 Å². The lowest BCUT2D eigenvalue weighted by Gasteiger charge is -2.12. The number of benzene rings is 2. The molecule has 4 heteroatoms. The van der Waals surface area contributed by atoms with E-state index in [9.17, 15) is 4.39 Å². The van der Waals surface area contributed by atoms with Gasteiger partial charge in [-0.2, -0.15) is 0 Å². The molecule has 0 radical (unpaired) electrons. The first-order chi connectivity index (χ1) is 9.06. The molecule has 1 nitrogen and oxygen atoms in total. The minimum Gasteiger partial charge on any atom is -0.328 e. The van der Waals surface area contributed by atoms with Crippen molar-refractivity contribution in [2.75, 3.05) is 0 Å². The molecule has 0 aromatic heterocycles. The van der Waals surface area contributed by atoms with Gasteiger partial charge < -0.3 is 5.73 Å². The van der Waals surface area contributed by atoms with Crippen molar-refractivity contribution in [2.24, 2.45) is 5.73 Å². The van der Waals surface area contributed by atoms with Gasteiger partial charge in [-0.05, 0) is 43.2 Å². The zero-order chi connectivity index (χ0) is 13.8. The van der Waals surface area contributed by atoms with Gasteiger partial charge >= 0.3 is 0 Å². The van der Waals surface area contributed by atoms with Crippen LogP contribution in [0, 0.1) is 5.82 Å². The first-order valence-electron chi connectivity index (χ1n) is 6.02. The van der Waals surface area contributed by atoms with E-state index in [1.54, 1.807) is 12.1 Å². The van der Waals surface area contributed by atoms with Crippen molar-refractivity contribution in [1.29, 1.82) is 0 Å². The number of hydrogen-bond acceptors (Lipinski definition) is 2. The lowest BCUT2D eigenvalue weighted by Crippen LogP contribution is -2.18. The third-order valence-corrected chi connectivity index (χ3v) is 3.99. The van der Waals surface area contributed by atoms with E-state index in [1.807, 2.05) is 31.2 Å². The Hall–Kier alpha value is -1.03. The molecule has 2 N–H and O–H groups in total. The zero-order valence-electron chi connectivity index (χ0n) is 10.6. The molecule has 0 aliphatic heterocycles. The minimum atomic E-state index is -0.219. The highest BCUT2D eigenvalue weighted by atomic mass is 35.5. The van der Waals surface area contributed by atoms with Crippen LogP contribution in [0.25, 0.3) is 0 Å². The highest BCUT2D eigenvalue weighted by Crippen LogP contribution is 2.34. The average molecular weight is 296 g/mol. The van der Waals surface area contributed by atoms with Crippen molar-refractivity contribution in [3.8, 4) is 0 Å². The Bertz CT molecular complexity index is 572. The molecule has 2 rings (SSSR count). The Morgan fingerprint density at radius 3 is 2.68 bits per heavy atom. The summed E-state index contributed by atoms with van der Waals surface area (Å²) < 4.78 is 14.0. The fraction of sp³-hybridized carbons (Fsp3) is 0.200. The molecule has 0 saturated carbocycles. The molecule has 2 aromatic carbocycles. The average Bonchev–Trinajstić information content (AvgIpc) is 2.33. The Morgan fingerprint density at radius 2 is 2.00 bits per heavy atom. The van der Waals surface area contributed by atoms with E-state index in [4.69, 9.17) is 17.3 Å². The van der Waals surface area contributed by atoms with Gasteiger partial charge in [0.2, 0.25) is 0 Å². The summed E-state index contributed by atoms with van der Waals surface area (Å²) in [6.07, 6.45) is 0.653. The summed E-state index contributed by atoms with van der Waals surface area (Å²) in [7, 11) is 0. The van der Waals surface area contributed by atoms with Crippen LogP contribution in [0.15, 0.2) is 52.3 Å². The fourth-order valence-corrected chi connectivity index (χ4v) is 3.09. The molecular formula is C15H15ClFNS. The Balaban J connectivity index is 2.33. The molecule has 1 atom stereocenters. The molecule has 0 fully saturated rings. The number of rotatable bonds is 4. The summed E-state index contributed by atoms with van der Waals surface area (Å²) in [6.45, 7) is 1.92. The van der Waals surface area contributed by atoms with Gasteiger partial charge in [-0.25, -0.2) is 4.39 Å². The SMILES string of the molecule is CC(N)Cc1cccc(F)c1Sc1cccc(Cl)c1. The quantitative estimate of drug-likeness (QED) is 0.897. The van der Waals surface area contributed by atoms with Crippen molar-refractivity contribution in [2.45, 2.75) is 29.2 Å². The summed E-state index contributed by atoms with van der Waals surface area (Å²) in [5, 5.41) is 0.648. The lowest BCUT2D eigenvalue weighted by molar-refractivity contribution is 0.593. The van der Waals surface area contributed by atoms with Crippen LogP contribution < -0.4 is 5.73 Å². The highest BCUT2D eigenvalue weighted by molar-refractivity contribution is 7.99. The summed E-state index contributed by atoms with van der Waals surface area (Å²) >= 11 is 7.33. The molecule has 1 unspecified atom stereocenters. The largest absolute Gasteiger partial charge is 0.328 e. The van der Waals surface area contributed by atoms with Gasteiger partial charge in [0, 0.05) is 16.0 Å². The van der Waals surface area contributed by atoms with E-state index in [0.29, 0.717) is 16.3 Å². The van der Waals surface area contributed by atoms with Crippen LogP contribution in [0.5, 0.6) is 0 Å². The first-order valence-corrected chi connectivity index (χ1v) is 7.22. The topological polar surface area (TPSA) is 26.0 Å². The Morgan fingerprint density at radius 1 is 1.26 bits per heavy atom. The molecule has 0 aliphatic rings. The standard InChI is InChI=1S/C15H15ClFNS/c1-10(18)8-11-4-2-7-14(17)15(11)19-13-6-3-5-12(16)9-13/h2-7,9-10H,8,18H2,1H3. The summed E-state index contributed by atoms with van der Waals surface area (Å²) in [5.41, 5.74) is 6.74. The second kappa shape index (κ2) is 6.42. The van der Waals surface area contributed by atoms with E-state index in [2.05, 4.69) is 0 Å². The maximum atomic E-state index is 14.0. The lowest BCUT2D eigenvalue weighted by atomic mass is 10.1. The van der Waals surface area contributed by atoms with Gasteiger partial charge in [0.25, 0.3) is 0 Å². The smallest absolute Gasteiger partial charge is 0.137 e. The third kappa shape index (κ3) is 3.96. The fourth-order valence-electron chi connectivity index (χ4n) is 1.82. The molecule has 0 saturated heterocycles. The molecule has 0 bridgehead atoms. The van der Waals surface area contributed by atoms with Crippen molar-refractivity contribution in [3.05, 3.63) is 58.9 Å². The van der Waals surface area contributed by atoms with Gasteiger partial charge in [0.15, 0.2) is 0 Å². The minimum absolute atomic E-state index is 0.000473. The first kappa shape index (κ1) is 14.4. The number of halogens is 2. The van der Waals surface area contributed by atoms with Crippen molar-refractivity contribution in [3.63, 3.8) is 0 Å². The van der Waals surface area contributed by atoms with Gasteiger partial charge in [-0.3, -0.25) is 0 Å². The molecular weight excluding hydrogens is 281 g/mol. The highest BCUT2D eigenvalue weighted by Gasteiger charge is 2.11. The maximum absolute atomic E-state index is 14.0. The molecule has 0 spiro atoms. The molecule has 2 aromatic rings. The summed E-state index contributed by atoms with van der Waals surface area (Å²) in [6, 6.07) is 12.5. The number of nitrogens with two attached hydrogens (primary N) is 1. The summed E-state index contributed by atoms with van der Waals surface area (Å²) in [4.78, 5) is 1.55. The predicted octanol–water partition coefficient (Wildman–Crippen LogP) is 4.52. The van der Waals surface area contributed by atoms with Gasteiger partial charge in [-0.15, -0.1) is 0 Å². The Kier molecular flexibility index (Phi) is 4.86. The monoisotopic (exact) mass is 295 g/mol. The zero-order valence-corrected chi connectivity index (χ0v) is 12.1.